The van der Waals surface area contributed by atoms with E-state index in [0.29, 0.717) is 0 Å². The maximum absolute atomic E-state index is 11.3. The molecular weight excluding hydrogens is 226 g/mol. The van der Waals surface area contributed by atoms with E-state index >= 15 is 0 Å². The Labute approximate surface area is 99.2 Å². The van der Waals surface area contributed by atoms with Crippen LogP contribution in [0.15, 0.2) is 17.5 Å². The van der Waals surface area contributed by atoms with E-state index in [4.69, 9.17) is 9.84 Å². The smallest absolute Gasteiger partial charge is 0.407 e. The van der Waals surface area contributed by atoms with Gasteiger partial charge in [-0.1, -0.05) is 19.4 Å². The molecule has 1 aromatic rings. The number of carbonyl (C=O) groups is 1. The van der Waals surface area contributed by atoms with Crippen LogP contribution in [0.25, 0.3) is 0 Å². The highest BCUT2D eigenvalue weighted by Gasteiger charge is 2.15. The van der Waals surface area contributed by atoms with E-state index in [2.05, 4.69) is 12.2 Å². The Bertz CT molecular complexity index is 300. The maximum atomic E-state index is 11.3. The molecule has 0 aliphatic carbocycles. The molecular formula is C11H17NO3S. The fraction of sp³-hybridized carbons (Fsp3) is 0.545. The number of amides is 1. The lowest BCUT2D eigenvalue weighted by atomic mass is 10.1. The summed E-state index contributed by atoms with van der Waals surface area (Å²) in [6.45, 7) is 1.96. The van der Waals surface area contributed by atoms with Crippen molar-refractivity contribution < 1.29 is 14.6 Å². The summed E-state index contributed by atoms with van der Waals surface area (Å²) in [5.41, 5.74) is 0. The normalized spacial score (nSPS) is 12.1. The minimum atomic E-state index is -0.471. The molecule has 1 unspecified atom stereocenters. The van der Waals surface area contributed by atoms with Crippen LogP contribution in [0.2, 0.25) is 0 Å². The fourth-order valence-electron chi connectivity index (χ4n) is 1.39. The Balaban J connectivity index is 2.48. The molecule has 1 heterocycles. The van der Waals surface area contributed by atoms with E-state index in [-0.39, 0.29) is 19.3 Å². The van der Waals surface area contributed by atoms with E-state index in [1.165, 1.54) is 0 Å². The van der Waals surface area contributed by atoms with Crippen LogP contribution < -0.4 is 5.32 Å². The van der Waals surface area contributed by atoms with Crippen molar-refractivity contribution in [2.75, 3.05) is 13.2 Å². The first-order chi connectivity index (χ1) is 7.77. The molecule has 1 atom stereocenters. The summed E-state index contributed by atoms with van der Waals surface area (Å²) in [7, 11) is 0. The average molecular weight is 243 g/mol. The average Bonchev–Trinajstić information content (AvgIpc) is 2.79. The van der Waals surface area contributed by atoms with Crippen molar-refractivity contribution >= 4 is 17.4 Å². The molecule has 1 rings (SSSR count). The van der Waals surface area contributed by atoms with Crippen molar-refractivity contribution in [1.82, 2.24) is 5.32 Å². The van der Waals surface area contributed by atoms with Gasteiger partial charge in [0, 0.05) is 4.88 Å². The van der Waals surface area contributed by atoms with Crippen LogP contribution in [0.1, 0.15) is 30.7 Å². The Morgan fingerprint density at radius 3 is 3.06 bits per heavy atom. The molecule has 1 amide bonds. The summed E-state index contributed by atoms with van der Waals surface area (Å²) >= 11 is 1.62. The van der Waals surface area contributed by atoms with E-state index in [9.17, 15) is 4.79 Å². The molecule has 0 radical (unpaired) electrons. The van der Waals surface area contributed by atoms with Gasteiger partial charge in [0.25, 0.3) is 0 Å². The number of alkyl carbamates (subject to hydrolysis) is 1. The third-order valence-corrected chi connectivity index (χ3v) is 3.07. The maximum Gasteiger partial charge on any atom is 0.407 e. The van der Waals surface area contributed by atoms with Crippen molar-refractivity contribution in [1.29, 1.82) is 0 Å². The summed E-state index contributed by atoms with van der Waals surface area (Å²) < 4.78 is 4.77. The van der Waals surface area contributed by atoms with Crippen LogP contribution in [0, 0.1) is 0 Å². The lowest BCUT2D eigenvalue weighted by Gasteiger charge is -2.16. The van der Waals surface area contributed by atoms with Gasteiger partial charge in [-0.15, -0.1) is 11.3 Å². The first kappa shape index (κ1) is 13.0. The van der Waals surface area contributed by atoms with E-state index in [1.54, 1.807) is 11.3 Å². The second kappa shape index (κ2) is 7.24. The van der Waals surface area contributed by atoms with Crippen LogP contribution in [0.5, 0.6) is 0 Å². The zero-order chi connectivity index (χ0) is 11.8. The van der Waals surface area contributed by atoms with Gasteiger partial charge in [0.1, 0.15) is 6.61 Å². The Morgan fingerprint density at radius 1 is 1.69 bits per heavy atom. The highest BCUT2D eigenvalue weighted by Crippen LogP contribution is 2.23. The number of thiophene rings is 1. The largest absolute Gasteiger partial charge is 0.447 e. The van der Waals surface area contributed by atoms with Gasteiger partial charge in [0.15, 0.2) is 0 Å². The third kappa shape index (κ3) is 4.20. The predicted octanol–water partition coefficient (Wildman–Crippen LogP) is 2.31. The van der Waals surface area contributed by atoms with Gasteiger partial charge < -0.3 is 15.2 Å². The molecule has 4 nitrogen and oxygen atoms in total. The Hall–Kier alpha value is -1.07. The van der Waals surface area contributed by atoms with Gasteiger partial charge in [-0.2, -0.15) is 0 Å². The standard InChI is InChI=1S/C11H17NO3S/c1-2-4-9(10-5-3-8-16-10)12-11(14)15-7-6-13/h3,5,8-9,13H,2,4,6-7H2,1H3,(H,12,14). The second-order valence-corrected chi connectivity index (χ2v) is 4.34. The number of aliphatic hydroxyl groups is 1. The molecule has 90 valence electrons. The molecule has 0 aliphatic rings. The van der Waals surface area contributed by atoms with Crippen molar-refractivity contribution in [3.05, 3.63) is 22.4 Å². The number of rotatable bonds is 6. The third-order valence-electron chi connectivity index (χ3n) is 2.08. The fourth-order valence-corrected chi connectivity index (χ4v) is 2.20. The summed E-state index contributed by atoms with van der Waals surface area (Å²) in [5.74, 6) is 0. The van der Waals surface area contributed by atoms with Crippen molar-refractivity contribution in [2.24, 2.45) is 0 Å². The van der Waals surface area contributed by atoms with Gasteiger partial charge in [-0.3, -0.25) is 0 Å². The molecule has 1 aromatic heterocycles. The zero-order valence-corrected chi connectivity index (χ0v) is 10.1. The monoisotopic (exact) mass is 243 g/mol. The van der Waals surface area contributed by atoms with Gasteiger partial charge in [0.05, 0.1) is 12.6 Å². The predicted molar refractivity (Wildman–Crippen MR) is 63.5 cm³/mol. The van der Waals surface area contributed by atoms with Crippen LogP contribution >= 0.6 is 11.3 Å². The Morgan fingerprint density at radius 2 is 2.50 bits per heavy atom. The molecule has 0 bridgehead atoms. The summed E-state index contributed by atoms with van der Waals surface area (Å²) in [6.07, 6.45) is 1.40. The highest BCUT2D eigenvalue weighted by molar-refractivity contribution is 7.10. The number of hydrogen-bond donors (Lipinski definition) is 2. The summed E-state index contributed by atoms with van der Waals surface area (Å²) in [6, 6.07) is 3.97. The van der Waals surface area contributed by atoms with E-state index in [1.807, 2.05) is 17.5 Å². The number of ether oxygens (including phenoxy) is 1. The molecule has 0 saturated carbocycles. The van der Waals surface area contributed by atoms with Crippen LogP contribution in [-0.2, 0) is 4.74 Å². The minimum Gasteiger partial charge on any atom is -0.447 e. The number of aliphatic hydroxyl groups excluding tert-OH is 1. The van der Waals surface area contributed by atoms with Gasteiger partial charge in [-0.25, -0.2) is 4.79 Å². The SMILES string of the molecule is CCCC(NC(=O)OCCO)c1cccs1. The molecule has 5 heteroatoms. The number of hydrogen-bond acceptors (Lipinski definition) is 4. The van der Waals surface area contributed by atoms with Gasteiger partial charge in [0.2, 0.25) is 0 Å². The van der Waals surface area contributed by atoms with Crippen LogP contribution in [0.3, 0.4) is 0 Å². The molecule has 0 aromatic carbocycles. The van der Waals surface area contributed by atoms with Crippen molar-refractivity contribution in [2.45, 2.75) is 25.8 Å². The molecule has 0 saturated heterocycles. The molecule has 0 fully saturated rings. The minimum absolute atomic E-state index is 0.0104. The van der Waals surface area contributed by atoms with E-state index in [0.717, 1.165) is 17.7 Å². The molecule has 0 aliphatic heterocycles. The quantitative estimate of drug-likeness (QED) is 0.806. The van der Waals surface area contributed by atoms with Crippen molar-refractivity contribution in [3.8, 4) is 0 Å². The first-order valence-corrected chi connectivity index (χ1v) is 6.23. The van der Waals surface area contributed by atoms with Crippen LogP contribution in [-0.4, -0.2) is 24.4 Å². The van der Waals surface area contributed by atoms with Gasteiger partial charge >= 0.3 is 6.09 Å². The molecule has 2 N–H and O–H groups in total. The highest BCUT2D eigenvalue weighted by atomic mass is 32.1. The summed E-state index contributed by atoms with van der Waals surface area (Å²) in [5, 5.41) is 13.3. The lowest BCUT2D eigenvalue weighted by Crippen LogP contribution is -2.29. The summed E-state index contributed by atoms with van der Waals surface area (Å²) in [4.78, 5) is 12.5. The van der Waals surface area contributed by atoms with E-state index < -0.39 is 6.09 Å². The number of carbonyl (C=O) groups excluding carboxylic acids is 1. The second-order valence-electron chi connectivity index (χ2n) is 3.36. The zero-order valence-electron chi connectivity index (χ0n) is 9.31. The van der Waals surface area contributed by atoms with Crippen LogP contribution in [0.4, 0.5) is 4.79 Å². The van der Waals surface area contributed by atoms with Gasteiger partial charge in [-0.05, 0) is 17.9 Å². The lowest BCUT2D eigenvalue weighted by molar-refractivity contribution is 0.116. The van der Waals surface area contributed by atoms with Crippen molar-refractivity contribution in [3.63, 3.8) is 0 Å². The Kier molecular flexibility index (Phi) is 5.88. The molecule has 16 heavy (non-hydrogen) atoms. The topological polar surface area (TPSA) is 58.6 Å². The molecule has 0 spiro atoms. The number of nitrogens with one attached hydrogen (secondary N) is 1. The first-order valence-electron chi connectivity index (χ1n) is 5.35.